The van der Waals surface area contributed by atoms with Crippen LogP contribution in [0.2, 0.25) is 0 Å². The van der Waals surface area contributed by atoms with Crippen molar-refractivity contribution in [2.45, 2.75) is 37.9 Å². The molecule has 22 heavy (non-hydrogen) atoms. The summed E-state index contributed by atoms with van der Waals surface area (Å²) in [6, 6.07) is 7.46. The molecule has 1 saturated carbocycles. The molecule has 1 aromatic carbocycles. The molecule has 1 N–H and O–H groups in total. The molecule has 1 aliphatic rings. The number of alkyl halides is 3. The fourth-order valence-electron chi connectivity index (χ4n) is 2.72. The molecule has 1 aromatic heterocycles. The van der Waals surface area contributed by atoms with Gasteiger partial charge in [-0.15, -0.1) is 0 Å². The Kier molecular flexibility index (Phi) is 3.85. The fourth-order valence-corrected chi connectivity index (χ4v) is 2.72. The van der Waals surface area contributed by atoms with Gasteiger partial charge in [-0.05, 0) is 30.9 Å². The first-order valence-corrected chi connectivity index (χ1v) is 7.35. The number of aromatic amines is 1. The maximum absolute atomic E-state index is 12.6. The third-order valence-electron chi connectivity index (χ3n) is 3.94. The first kappa shape index (κ1) is 14.9. The zero-order valence-corrected chi connectivity index (χ0v) is 12.0. The van der Waals surface area contributed by atoms with E-state index in [0.717, 1.165) is 21.4 Å². The van der Waals surface area contributed by atoms with Gasteiger partial charge in [0.05, 0.1) is 0 Å². The first-order valence-electron chi connectivity index (χ1n) is 7.35. The van der Waals surface area contributed by atoms with Crippen molar-refractivity contribution in [1.29, 1.82) is 0 Å². The van der Waals surface area contributed by atoms with Gasteiger partial charge in [-0.25, -0.2) is 0 Å². The van der Waals surface area contributed by atoms with Crippen molar-refractivity contribution in [3.63, 3.8) is 0 Å². The normalized spacial score (nSPS) is 15.2. The highest BCUT2D eigenvalue weighted by atomic mass is 19.4. The monoisotopic (exact) mass is 310 g/mol. The van der Waals surface area contributed by atoms with Crippen molar-refractivity contribution in [3.05, 3.63) is 36.0 Å². The first-order chi connectivity index (χ1) is 10.4. The predicted octanol–water partition coefficient (Wildman–Crippen LogP) is 3.65. The Morgan fingerprint density at radius 3 is 2.68 bits per heavy atom. The summed E-state index contributed by atoms with van der Waals surface area (Å²) in [4.78, 5) is 16.3. The molecule has 0 unspecified atom stereocenters. The van der Waals surface area contributed by atoms with E-state index in [2.05, 4.69) is 4.98 Å². The van der Waals surface area contributed by atoms with Crippen LogP contribution in [0, 0.1) is 0 Å². The maximum Gasteiger partial charge on any atom is 0.406 e. The minimum absolute atomic E-state index is 0.106. The summed E-state index contributed by atoms with van der Waals surface area (Å²) in [6.45, 7) is -1.13. The van der Waals surface area contributed by atoms with Crippen molar-refractivity contribution in [2.24, 2.45) is 0 Å². The second-order valence-electron chi connectivity index (χ2n) is 5.73. The van der Waals surface area contributed by atoms with Gasteiger partial charge in [0.1, 0.15) is 6.54 Å². The largest absolute Gasteiger partial charge is 0.406 e. The van der Waals surface area contributed by atoms with Gasteiger partial charge in [-0.3, -0.25) is 4.79 Å². The predicted molar refractivity (Wildman–Crippen MR) is 77.4 cm³/mol. The molecule has 0 bridgehead atoms. The number of halogens is 3. The van der Waals surface area contributed by atoms with Gasteiger partial charge < -0.3 is 9.88 Å². The van der Waals surface area contributed by atoms with E-state index in [-0.39, 0.29) is 12.5 Å². The van der Waals surface area contributed by atoms with E-state index in [4.69, 9.17) is 0 Å². The number of hydrogen-bond acceptors (Lipinski definition) is 1. The van der Waals surface area contributed by atoms with Crippen LogP contribution in [0.4, 0.5) is 13.2 Å². The lowest BCUT2D eigenvalue weighted by atomic mass is 10.1. The third kappa shape index (κ3) is 3.43. The van der Waals surface area contributed by atoms with Crippen molar-refractivity contribution >= 4 is 16.8 Å². The van der Waals surface area contributed by atoms with Gasteiger partial charge in [-0.1, -0.05) is 18.2 Å². The Bertz CT molecular complexity index is 673. The summed E-state index contributed by atoms with van der Waals surface area (Å²) in [5, 5.41) is 1.02. The molecule has 1 fully saturated rings. The summed E-state index contributed by atoms with van der Waals surface area (Å²) in [6.07, 6.45) is -0.607. The Balaban J connectivity index is 1.65. The average molecular weight is 310 g/mol. The number of para-hydroxylation sites is 1. The SMILES string of the molecule is O=C(CCc1c[nH]c2ccccc12)N(CC(F)(F)F)C1CC1. The Hall–Kier alpha value is -1.98. The average Bonchev–Trinajstić information content (AvgIpc) is 3.22. The van der Waals surface area contributed by atoms with Gasteiger partial charge in [0, 0.05) is 29.6 Å². The fraction of sp³-hybridized carbons (Fsp3) is 0.438. The van der Waals surface area contributed by atoms with E-state index in [1.807, 2.05) is 30.5 Å². The second-order valence-corrected chi connectivity index (χ2v) is 5.73. The number of aryl methyl sites for hydroxylation is 1. The molecule has 3 nitrogen and oxygen atoms in total. The minimum Gasteiger partial charge on any atom is -0.361 e. The lowest BCUT2D eigenvalue weighted by molar-refractivity contribution is -0.162. The molecular weight excluding hydrogens is 293 g/mol. The van der Waals surface area contributed by atoms with Crippen LogP contribution in [0.1, 0.15) is 24.8 Å². The molecule has 0 radical (unpaired) electrons. The summed E-state index contributed by atoms with van der Waals surface area (Å²) in [7, 11) is 0. The van der Waals surface area contributed by atoms with Crippen LogP contribution >= 0.6 is 0 Å². The Morgan fingerprint density at radius 2 is 2.00 bits per heavy atom. The number of rotatable bonds is 5. The molecule has 0 spiro atoms. The van der Waals surface area contributed by atoms with Crippen molar-refractivity contribution in [2.75, 3.05) is 6.54 Å². The van der Waals surface area contributed by atoms with Crippen LogP contribution in [-0.2, 0) is 11.2 Å². The smallest absolute Gasteiger partial charge is 0.361 e. The number of H-pyrrole nitrogens is 1. The van der Waals surface area contributed by atoms with E-state index < -0.39 is 18.6 Å². The highest BCUT2D eigenvalue weighted by molar-refractivity contribution is 5.84. The number of hydrogen-bond donors (Lipinski definition) is 1. The van der Waals surface area contributed by atoms with Crippen LogP contribution in [0.25, 0.3) is 10.9 Å². The van der Waals surface area contributed by atoms with Crippen LogP contribution < -0.4 is 0 Å². The van der Waals surface area contributed by atoms with E-state index in [9.17, 15) is 18.0 Å². The molecule has 6 heteroatoms. The summed E-state index contributed by atoms with van der Waals surface area (Å²) >= 11 is 0. The second kappa shape index (κ2) is 5.66. The van der Waals surface area contributed by atoms with E-state index in [1.54, 1.807) is 0 Å². The number of nitrogens with one attached hydrogen (secondary N) is 1. The molecular formula is C16H17F3N2O. The summed E-state index contributed by atoms with van der Waals surface area (Å²) in [5.41, 5.74) is 1.94. The van der Waals surface area contributed by atoms with Crippen molar-refractivity contribution in [1.82, 2.24) is 9.88 Å². The molecule has 1 aliphatic carbocycles. The summed E-state index contributed by atoms with van der Waals surface area (Å²) < 4.78 is 37.7. The zero-order chi connectivity index (χ0) is 15.7. The Morgan fingerprint density at radius 1 is 1.27 bits per heavy atom. The number of nitrogens with zero attached hydrogens (tertiary/aromatic N) is 1. The third-order valence-corrected chi connectivity index (χ3v) is 3.94. The highest BCUT2D eigenvalue weighted by Crippen LogP contribution is 2.31. The minimum atomic E-state index is -4.33. The van der Waals surface area contributed by atoms with Crippen LogP contribution in [0.5, 0.6) is 0 Å². The quantitative estimate of drug-likeness (QED) is 0.899. The van der Waals surface area contributed by atoms with Gasteiger partial charge in [0.2, 0.25) is 5.91 Å². The van der Waals surface area contributed by atoms with E-state index in [1.165, 1.54) is 0 Å². The van der Waals surface area contributed by atoms with Crippen LogP contribution in [0.15, 0.2) is 30.5 Å². The standard InChI is InChI=1S/C16H17F3N2O/c17-16(18,19)10-21(12-6-7-12)15(22)8-5-11-9-20-14-4-2-1-3-13(11)14/h1-4,9,12,20H,5-8,10H2. The molecule has 0 atom stereocenters. The number of amides is 1. The number of carbonyl (C=O) groups is 1. The summed E-state index contributed by atoms with van der Waals surface area (Å²) in [5.74, 6) is -0.412. The molecule has 1 heterocycles. The molecule has 0 aliphatic heterocycles. The topological polar surface area (TPSA) is 36.1 Å². The number of aromatic nitrogens is 1. The van der Waals surface area contributed by atoms with Crippen molar-refractivity contribution in [3.8, 4) is 0 Å². The van der Waals surface area contributed by atoms with Gasteiger partial charge >= 0.3 is 6.18 Å². The van der Waals surface area contributed by atoms with E-state index in [0.29, 0.717) is 19.3 Å². The molecule has 3 rings (SSSR count). The van der Waals surface area contributed by atoms with Crippen molar-refractivity contribution < 1.29 is 18.0 Å². The molecule has 2 aromatic rings. The molecule has 118 valence electrons. The Labute approximate surface area is 126 Å². The number of carbonyl (C=O) groups excluding carboxylic acids is 1. The molecule has 1 amide bonds. The number of fused-ring (bicyclic) bond motifs is 1. The number of benzene rings is 1. The highest BCUT2D eigenvalue weighted by Gasteiger charge is 2.40. The lowest BCUT2D eigenvalue weighted by Gasteiger charge is -2.23. The lowest BCUT2D eigenvalue weighted by Crippen LogP contribution is -2.40. The van der Waals surface area contributed by atoms with Gasteiger partial charge in [-0.2, -0.15) is 13.2 Å². The van der Waals surface area contributed by atoms with E-state index >= 15 is 0 Å². The van der Waals surface area contributed by atoms with Gasteiger partial charge in [0.15, 0.2) is 0 Å². The molecule has 0 saturated heterocycles. The van der Waals surface area contributed by atoms with Crippen LogP contribution in [0.3, 0.4) is 0 Å². The maximum atomic E-state index is 12.6. The van der Waals surface area contributed by atoms with Crippen LogP contribution in [-0.4, -0.2) is 34.6 Å². The zero-order valence-electron chi connectivity index (χ0n) is 12.0. The van der Waals surface area contributed by atoms with Gasteiger partial charge in [0.25, 0.3) is 0 Å².